The number of amides is 1. The molecule has 0 atom stereocenters. The molecule has 0 bridgehead atoms. The van der Waals surface area contributed by atoms with E-state index in [2.05, 4.69) is 35.7 Å². The third kappa shape index (κ3) is 3.35. The minimum atomic E-state index is -0.562. The maximum Gasteiger partial charge on any atom is 0.273 e. The molecule has 0 unspecified atom stereocenters. The molecule has 0 aliphatic heterocycles. The highest BCUT2D eigenvalue weighted by Crippen LogP contribution is 2.18. The van der Waals surface area contributed by atoms with Gasteiger partial charge in [-0.3, -0.25) is 15.6 Å². The van der Waals surface area contributed by atoms with Crippen molar-refractivity contribution in [2.24, 2.45) is 0 Å². The van der Waals surface area contributed by atoms with Crippen LogP contribution in [0.25, 0.3) is 0 Å². The van der Waals surface area contributed by atoms with Gasteiger partial charge in [0.05, 0.1) is 12.7 Å². The van der Waals surface area contributed by atoms with Crippen LogP contribution >= 0.6 is 24.8 Å². The molecule has 0 heterocycles. The molecular formula is C9H9FN2O2S2. The molecule has 0 radical (unpaired) electrons. The van der Waals surface area contributed by atoms with Crippen LogP contribution in [0.15, 0.2) is 18.2 Å². The second kappa shape index (κ2) is 5.66. The van der Waals surface area contributed by atoms with Gasteiger partial charge in [-0.2, -0.15) is 0 Å². The molecule has 0 saturated carbocycles. The van der Waals surface area contributed by atoms with Crippen LogP contribution in [0.3, 0.4) is 0 Å². The minimum absolute atomic E-state index is 0.0691. The van der Waals surface area contributed by atoms with Crippen LogP contribution in [-0.4, -0.2) is 17.3 Å². The van der Waals surface area contributed by atoms with Crippen LogP contribution in [-0.2, 0) is 0 Å². The lowest BCUT2D eigenvalue weighted by Crippen LogP contribution is -2.38. The SMILES string of the molecule is COc1ccc(F)cc1C(=O)NNC(=S)S. The summed E-state index contributed by atoms with van der Waals surface area (Å²) in [5.41, 5.74) is 4.65. The molecule has 16 heavy (non-hydrogen) atoms. The lowest BCUT2D eigenvalue weighted by atomic mass is 10.2. The highest BCUT2D eigenvalue weighted by molar-refractivity contribution is 8.11. The quantitative estimate of drug-likeness (QED) is 0.426. The summed E-state index contributed by atoms with van der Waals surface area (Å²) in [7, 11) is 1.39. The van der Waals surface area contributed by atoms with Crippen LogP contribution in [0.2, 0.25) is 0 Å². The molecule has 0 fully saturated rings. The van der Waals surface area contributed by atoms with E-state index in [0.29, 0.717) is 0 Å². The van der Waals surface area contributed by atoms with E-state index in [1.165, 1.54) is 19.2 Å². The van der Waals surface area contributed by atoms with E-state index in [1.807, 2.05) is 0 Å². The zero-order valence-corrected chi connectivity index (χ0v) is 9.99. The van der Waals surface area contributed by atoms with Gasteiger partial charge in [0.25, 0.3) is 5.91 Å². The summed E-state index contributed by atoms with van der Waals surface area (Å²) >= 11 is 8.34. The highest BCUT2D eigenvalue weighted by Gasteiger charge is 2.12. The van der Waals surface area contributed by atoms with Crippen molar-refractivity contribution >= 4 is 35.1 Å². The van der Waals surface area contributed by atoms with Gasteiger partial charge in [-0.1, -0.05) is 12.2 Å². The fourth-order valence-electron chi connectivity index (χ4n) is 1.04. The third-order valence-electron chi connectivity index (χ3n) is 1.69. The van der Waals surface area contributed by atoms with Crippen LogP contribution in [0, 0.1) is 5.82 Å². The van der Waals surface area contributed by atoms with Crippen LogP contribution in [0.1, 0.15) is 10.4 Å². The molecule has 0 aromatic heterocycles. The topological polar surface area (TPSA) is 50.4 Å². The molecule has 0 aliphatic carbocycles. The number of thiol groups is 1. The van der Waals surface area contributed by atoms with Gasteiger partial charge in [-0.15, -0.1) is 12.6 Å². The molecule has 0 saturated heterocycles. The number of methoxy groups -OCH3 is 1. The standard InChI is InChI=1S/C9H9FN2O2S2/c1-14-7-3-2-5(10)4-6(7)8(13)11-12-9(15)16/h2-4H,1H3,(H,11,13)(H2,12,15,16). The first-order valence-electron chi connectivity index (χ1n) is 4.17. The van der Waals surface area contributed by atoms with E-state index in [9.17, 15) is 9.18 Å². The van der Waals surface area contributed by atoms with Crippen molar-refractivity contribution in [3.63, 3.8) is 0 Å². The first kappa shape index (κ1) is 12.7. The van der Waals surface area contributed by atoms with Crippen molar-refractivity contribution < 1.29 is 13.9 Å². The van der Waals surface area contributed by atoms with E-state index in [4.69, 9.17) is 4.74 Å². The second-order valence-electron chi connectivity index (χ2n) is 2.73. The van der Waals surface area contributed by atoms with Crippen molar-refractivity contribution in [1.29, 1.82) is 0 Å². The van der Waals surface area contributed by atoms with Crippen LogP contribution < -0.4 is 15.6 Å². The summed E-state index contributed by atoms with van der Waals surface area (Å²) in [6.45, 7) is 0. The number of carbonyl (C=O) groups excluding carboxylic acids is 1. The van der Waals surface area contributed by atoms with E-state index in [1.54, 1.807) is 0 Å². The van der Waals surface area contributed by atoms with Gasteiger partial charge < -0.3 is 4.74 Å². The molecular weight excluding hydrogens is 251 g/mol. The van der Waals surface area contributed by atoms with Crippen molar-refractivity contribution in [2.75, 3.05) is 7.11 Å². The van der Waals surface area contributed by atoms with Gasteiger partial charge in [0.15, 0.2) is 0 Å². The van der Waals surface area contributed by atoms with Gasteiger partial charge in [-0.05, 0) is 18.2 Å². The molecule has 1 rings (SSSR count). The molecule has 0 aliphatic rings. The number of nitrogens with one attached hydrogen (secondary N) is 2. The molecule has 2 N–H and O–H groups in total. The van der Waals surface area contributed by atoms with Crippen molar-refractivity contribution in [1.82, 2.24) is 10.9 Å². The first-order chi connectivity index (χ1) is 7.54. The lowest BCUT2D eigenvalue weighted by molar-refractivity contribution is 0.0941. The predicted molar refractivity (Wildman–Crippen MR) is 65.1 cm³/mol. The number of thiocarbonyl (C=S) groups is 1. The molecule has 1 amide bonds. The molecule has 0 spiro atoms. The molecule has 1 aromatic carbocycles. The number of rotatable bonds is 2. The Labute approximate surface area is 103 Å². The Balaban J connectivity index is 2.88. The largest absolute Gasteiger partial charge is 0.496 e. The number of benzene rings is 1. The maximum atomic E-state index is 12.9. The van der Waals surface area contributed by atoms with E-state index >= 15 is 0 Å². The Kier molecular flexibility index (Phi) is 4.51. The monoisotopic (exact) mass is 260 g/mol. The zero-order chi connectivity index (χ0) is 12.1. The van der Waals surface area contributed by atoms with Crippen LogP contribution in [0.5, 0.6) is 5.75 Å². The normalized spacial score (nSPS) is 9.44. The van der Waals surface area contributed by atoms with Gasteiger partial charge in [0, 0.05) is 0 Å². The first-order valence-corrected chi connectivity index (χ1v) is 5.03. The van der Waals surface area contributed by atoms with E-state index < -0.39 is 11.7 Å². The Morgan fingerprint density at radius 1 is 1.50 bits per heavy atom. The van der Waals surface area contributed by atoms with Gasteiger partial charge in [0.2, 0.25) is 0 Å². The summed E-state index contributed by atoms with van der Waals surface area (Å²) in [6, 6.07) is 3.63. The minimum Gasteiger partial charge on any atom is -0.496 e. The third-order valence-corrected chi connectivity index (χ3v) is 1.90. The molecule has 86 valence electrons. The highest BCUT2D eigenvalue weighted by atomic mass is 32.1. The summed E-state index contributed by atoms with van der Waals surface area (Å²) < 4.78 is 18.0. The molecule has 1 aromatic rings. The number of ether oxygens (including phenoxy) is 1. The van der Waals surface area contributed by atoms with Gasteiger partial charge >= 0.3 is 0 Å². The average Bonchev–Trinajstić information content (AvgIpc) is 2.25. The average molecular weight is 260 g/mol. The van der Waals surface area contributed by atoms with Crippen molar-refractivity contribution in [3.8, 4) is 5.75 Å². The van der Waals surface area contributed by atoms with E-state index in [-0.39, 0.29) is 15.6 Å². The Bertz CT molecular complexity index is 426. The summed E-state index contributed by atoms with van der Waals surface area (Å²) in [5.74, 6) is -0.821. The molecule has 7 heteroatoms. The van der Waals surface area contributed by atoms with Gasteiger partial charge in [-0.25, -0.2) is 4.39 Å². The fraction of sp³-hybridized carbons (Fsp3) is 0.111. The molecule has 4 nitrogen and oxygen atoms in total. The second-order valence-corrected chi connectivity index (χ2v) is 3.89. The van der Waals surface area contributed by atoms with Crippen molar-refractivity contribution in [2.45, 2.75) is 0 Å². The Morgan fingerprint density at radius 3 is 2.75 bits per heavy atom. The number of hydrogen-bond donors (Lipinski definition) is 3. The number of hydrazine groups is 1. The lowest BCUT2D eigenvalue weighted by Gasteiger charge is -2.09. The Hall–Kier alpha value is -1.34. The summed E-state index contributed by atoms with van der Waals surface area (Å²) in [6.07, 6.45) is 0. The fourth-order valence-corrected chi connectivity index (χ4v) is 1.14. The Morgan fingerprint density at radius 2 is 2.19 bits per heavy atom. The van der Waals surface area contributed by atoms with E-state index in [0.717, 1.165) is 6.07 Å². The van der Waals surface area contributed by atoms with Crippen LogP contribution in [0.4, 0.5) is 4.39 Å². The predicted octanol–water partition coefficient (Wildman–Crippen LogP) is 1.28. The number of carbonyl (C=O) groups is 1. The smallest absolute Gasteiger partial charge is 0.273 e. The van der Waals surface area contributed by atoms with Gasteiger partial charge in [0.1, 0.15) is 15.9 Å². The zero-order valence-electron chi connectivity index (χ0n) is 8.28. The van der Waals surface area contributed by atoms with Crippen molar-refractivity contribution in [3.05, 3.63) is 29.6 Å². The maximum absolute atomic E-state index is 12.9. The number of hydrogen-bond acceptors (Lipinski definition) is 3. The summed E-state index contributed by atoms with van der Waals surface area (Å²) in [5, 5.41) is 0. The summed E-state index contributed by atoms with van der Waals surface area (Å²) in [4.78, 5) is 11.6. The number of halogens is 1.